The van der Waals surface area contributed by atoms with Crippen molar-refractivity contribution in [2.75, 3.05) is 7.11 Å². The first kappa shape index (κ1) is 15.1. The first-order valence-electron chi connectivity index (χ1n) is 5.83. The molecule has 1 aromatic carbocycles. The van der Waals surface area contributed by atoms with Gasteiger partial charge in [-0.15, -0.1) is 0 Å². The van der Waals surface area contributed by atoms with E-state index in [1.807, 2.05) is 31.2 Å². The Kier molecular flexibility index (Phi) is 4.83. The summed E-state index contributed by atoms with van der Waals surface area (Å²) in [6.45, 7) is 2.01. The minimum absolute atomic E-state index is 0.418. The minimum atomic E-state index is -0.418. The van der Waals surface area contributed by atoms with Crippen molar-refractivity contribution in [3.05, 3.63) is 50.6 Å². The number of hydrogen-bond donors (Lipinski definition) is 0. The molecule has 0 aliphatic heterocycles. The second kappa shape index (κ2) is 6.41. The first-order chi connectivity index (χ1) is 9.51. The first-order valence-corrected chi connectivity index (χ1v) is 7.41. The van der Waals surface area contributed by atoms with Gasteiger partial charge in [0.1, 0.15) is 11.5 Å². The molecule has 0 amide bonds. The highest BCUT2D eigenvalue weighted by atomic mass is 79.9. The number of carbonyl (C=O) groups excluding carboxylic acids is 1. The lowest BCUT2D eigenvalue weighted by Crippen LogP contribution is -1.92. The van der Waals surface area contributed by atoms with Crippen LogP contribution in [0.2, 0.25) is 0 Å². The largest absolute Gasteiger partial charge is 0.466 e. The van der Waals surface area contributed by atoms with Gasteiger partial charge in [0, 0.05) is 16.1 Å². The van der Waals surface area contributed by atoms with Crippen LogP contribution in [0, 0.1) is 6.92 Å². The van der Waals surface area contributed by atoms with Gasteiger partial charge in [0.15, 0.2) is 0 Å². The average molecular weight is 400 g/mol. The normalized spacial score (nSPS) is 11.0. The van der Waals surface area contributed by atoms with Gasteiger partial charge in [-0.2, -0.15) is 0 Å². The molecule has 0 saturated heterocycles. The smallest absolute Gasteiger partial charge is 0.330 e. The van der Waals surface area contributed by atoms with Gasteiger partial charge in [0.25, 0.3) is 0 Å². The van der Waals surface area contributed by atoms with Crippen LogP contribution in [-0.2, 0) is 9.53 Å². The maximum absolute atomic E-state index is 11.1. The lowest BCUT2D eigenvalue weighted by atomic mass is 10.1. The lowest BCUT2D eigenvalue weighted by Gasteiger charge is -2.03. The van der Waals surface area contributed by atoms with Crippen molar-refractivity contribution < 1.29 is 13.9 Å². The topological polar surface area (TPSA) is 39.4 Å². The van der Waals surface area contributed by atoms with E-state index in [-0.39, 0.29) is 0 Å². The SMILES string of the molecule is COC(=O)/C=C/c1cc(Br)c(-c2ccc(Br)cc2C)o1. The summed E-state index contributed by atoms with van der Waals surface area (Å²) >= 11 is 6.91. The van der Waals surface area contributed by atoms with Crippen LogP contribution in [0.15, 0.2) is 43.7 Å². The molecule has 1 aromatic heterocycles. The molecule has 0 fully saturated rings. The van der Waals surface area contributed by atoms with Gasteiger partial charge in [-0.3, -0.25) is 0 Å². The van der Waals surface area contributed by atoms with Crippen LogP contribution in [-0.4, -0.2) is 13.1 Å². The van der Waals surface area contributed by atoms with Crippen molar-refractivity contribution in [2.24, 2.45) is 0 Å². The van der Waals surface area contributed by atoms with Crippen molar-refractivity contribution in [3.8, 4) is 11.3 Å². The molecule has 0 unspecified atom stereocenters. The lowest BCUT2D eigenvalue weighted by molar-refractivity contribution is -0.134. The molecule has 0 aliphatic carbocycles. The Morgan fingerprint density at radius 3 is 2.70 bits per heavy atom. The van der Waals surface area contributed by atoms with Gasteiger partial charge in [-0.25, -0.2) is 4.79 Å². The fraction of sp³-hybridized carbons (Fsp3) is 0.133. The summed E-state index contributed by atoms with van der Waals surface area (Å²) in [5.41, 5.74) is 2.09. The van der Waals surface area contributed by atoms with Crippen LogP contribution in [0.4, 0.5) is 0 Å². The van der Waals surface area contributed by atoms with E-state index in [2.05, 4.69) is 36.6 Å². The zero-order chi connectivity index (χ0) is 14.7. The fourth-order valence-electron chi connectivity index (χ4n) is 1.75. The molecule has 20 heavy (non-hydrogen) atoms. The highest BCUT2D eigenvalue weighted by molar-refractivity contribution is 9.10. The second-order valence-corrected chi connectivity index (χ2v) is 5.91. The van der Waals surface area contributed by atoms with Crippen LogP contribution in [0.25, 0.3) is 17.4 Å². The van der Waals surface area contributed by atoms with Gasteiger partial charge >= 0.3 is 5.97 Å². The van der Waals surface area contributed by atoms with Gasteiger partial charge in [-0.05, 0) is 58.8 Å². The molecular weight excluding hydrogens is 388 g/mol. The summed E-state index contributed by atoms with van der Waals surface area (Å²) in [5, 5.41) is 0. The summed E-state index contributed by atoms with van der Waals surface area (Å²) in [5.74, 6) is 0.901. The van der Waals surface area contributed by atoms with Crippen molar-refractivity contribution >= 4 is 43.9 Å². The average Bonchev–Trinajstić information content (AvgIpc) is 2.77. The number of esters is 1. The second-order valence-electron chi connectivity index (χ2n) is 4.14. The fourth-order valence-corrected chi connectivity index (χ4v) is 2.75. The number of aryl methyl sites for hydroxylation is 1. The third kappa shape index (κ3) is 3.41. The molecule has 2 rings (SSSR count). The van der Waals surface area contributed by atoms with Crippen molar-refractivity contribution in [1.82, 2.24) is 0 Å². The van der Waals surface area contributed by atoms with Crippen LogP contribution >= 0.6 is 31.9 Å². The molecular formula is C15H12Br2O3. The van der Waals surface area contributed by atoms with Crippen LogP contribution < -0.4 is 0 Å². The Bertz CT molecular complexity index is 672. The van der Waals surface area contributed by atoms with E-state index in [0.29, 0.717) is 5.76 Å². The van der Waals surface area contributed by atoms with Crippen LogP contribution in [0.1, 0.15) is 11.3 Å². The number of furan rings is 1. The zero-order valence-corrected chi connectivity index (χ0v) is 14.1. The number of ether oxygens (including phenoxy) is 1. The van der Waals surface area contributed by atoms with Gasteiger partial charge < -0.3 is 9.15 Å². The molecule has 5 heteroatoms. The molecule has 0 spiro atoms. The van der Waals surface area contributed by atoms with Crippen LogP contribution in [0.5, 0.6) is 0 Å². The molecule has 0 radical (unpaired) electrons. The Morgan fingerprint density at radius 1 is 1.30 bits per heavy atom. The Morgan fingerprint density at radius 2 is 2.05 bits per heavy atom. The van der Waals surface area contributed by atoms with Gasteiger partial charge in [0.2, 0.25) is 0 Å². The van der Waals surface area contributed by atoms with E-state index in [0.717, 1.165) is 25.8 Å². The predicted molar refractivity (Wildman–Crippen MR) is 85.3 cm³/mol. The van der Waals surface area contributed by atoms with E-state index in [4.69, 9.17) is 4.42 Å². The molecule has 0 bridgehead atoms. The van der Waals surface area contributed by atoms with Crippen molar-refractivity contribution in [2.45, 2.75) is 6.92 Å². The highest BCUT2D eigenvalue weighted by Gasteiger charge is 2.12. The molecule has 0 N–H and O–H groups in total. The van der Waals surface area contributed by atoms with Gasteiger partial charge in [-0.1, -0.05) is 15.9 Å². The molecule has 0 aliphatic rings. The van der Waals surface area contributed by atoms with Crippen molar-refractivity contribution in [1.29, 1.82) is 0 Å². The van der Waals surface area contributed by atoms with Crippen molar-refractivity contribution in [3.63, 3.8) is 0 Å². The predicted octanol–water partition coefficient (Wildman–Crippen LogP) is 4.97. The Labute approximate surface area is 133 Å². The van der Waals surface area contributed by atoms with Gasteiger partial charge in [0.05, 0.1) is 11.6 Å². The number of methoxy groups -OCH3 is 1. The standard InChI is InChI=1S/C15H12Br2O3/c1-9-7-10(16)3-5-12(9)15-13(17)8-11(20-15)4-6-14(18)19-2/h3-8H,1-2H3/b6-4+. The zero-order valence-electron chi connectivity index (χ0n) is 10.9. The summed E-state index contributed by atoms with van der Waals surface area (Å²) in [4.78, 5) is 11.1. The molecule has 3 nitrogen and oxygen atoms in total. The van der Waals surface area contributed by atoms with E-state index in [1.165, 1.54) is 13.2 Å². The third-order valence-corrected chi connectivity index (χ3v) is 3.81. The molecule has 0 atom stereocenters. The number of rotatable bonds is 3. The summed E-state index contributed by atoms with van der Waals surface area (Å²) in [6.07, 6.45) is 2.90. The number of benzene rings is 1. The third-order valence-electron chi connectivity index (χ3n) is 2.72. The quantitative estimate of drug-likeness (QED) is 0.540. The number of carbonyl (C=O) groups is 1. The van der Waals surface area contributed by atoms with E-state index in [1.54, 1.807) is 6.08 Å². The summed E-state index contributed by atoms with van der Waals surface area (Å²) in [7, 11) is 1.33. The molecule has 104 valence electrons. The maximum Gasteiger partial charge on any atom is 0.330 e. The molecule has 2 aromatic rings. The molecule has 1 heterocycles. The number of halogens is 2. The Hall–Kier alpha value is -1.33. The van der Waals surface area contributed by atoms with E-state index >= 15 is 0 Å². The maximum atomic E-state index is 11.1. The monoisotopic (exact) mass is 398 g/mol. The summed E-state index contributed by atoms with van der Waals surface area (Å²) in [6, 6.07) is 7.78. The number of hydrogen-bond acceptors (Lipinski definition) is 3. The Balaban J connectivity index is 2.36. The summed E-state index contributed by atoms with van der Waals surface area (Å²) < 4.78 is 12.2. The minimum Gasteiger partial charge on any atom is -0.466 e. The van der Waals surface area contributed by atoms with Crippen LogP contribution in [0.3, 0.4) is 0 Å². The van der Waals surface area contributed by atoms with E-state index < -0.39 is 5.97 Å². The van der Waals surface area contributed by atoms with E-state index in [9.17, 15) is 4.79 Å². The highest BCUT2D eigenvalue weighted by Crippen LogP contribution is 2.35. The molecule has 0 saturated carbocycles.